The van der Waals surface area contributed by atoms with E-state index in [4.69, 9.17) is 4.74 Å². The summed E-state index contributed by atoms with van der Waals surface area (Å²) in [5.74, 6) is 0.252. The molecule has 0 bridgehead atoms. The number of rotatable bonds is 6. The minimum atomic E-state index is 0.252. The molecular formula is C17H25NO2. The van der Waals surface area contributed by atoms with Crippen molar-refractivity contribution in [1.29, 1.82) is 0 Å². The largest absolute Gasteiger partial charge is 0.377 e. The molecule has 1 unspecified atom stereocenters. The molecule has 1 fully saturated rings. The van der Waals surface area contributed by atoms with Crippen LogP contribution in [-0.2, 0) is 4.74 Å². The topological polar surface area (TPSA) is 29.5 Å². The molecule has 1 aliphatic heterocycles. The number of benzene rings is 1. The number of hydrogen-bond acceptors (Lipinski definition) is 3. The van der Waals surface area contributed by atoms with Gasteiger partial charge in [-0.3, -0.25) is 4.79 Å². The molecule has 0 N–H and O–H groups in total. The van der Waals surface area contributed by atoms with E-state index in [1.165, 1.54) is 6.42 Å². The van der Waals surface area contributed by atoms with E-state index in [2.05, 4.69) is 4.90 Å². The number of Topliss-reactive ketones (excluding diaryl/α,β-unsaturated/α-hetero) is 1. The second kappa shape index (κ2) is 7.55. The minimum absolute atomic E-state index is 0.252. The Morgan fingerprint density at radius 3 is 2.95 bits per heavy atom. The Labute approximate surface area is 121 Å². The second-order valence-corrected chi connectivity index (χ2v) is 5.51. The number of carbonyl (C=O) groups excluding carboxylic acids is 1. The predicted molar refractivity (Wildman–Crippen MR) is 81.2 cm³/mol. The molecule has 20 heavy (non-hydrogen) atoms. The molecule has 3 heteroatoms. The van der Waals surface area contributed by atoms with Crippen LogP contribution in [0.4, 0.5) is 0 Å². The van der Waals surface area contributed by atoms with Crippen LogP contribution in [0.2, 0.25) is 0 Å². The van der Waals surface area contributed by atoms with Crippen molar-refractivity contribution < 1.29 is 9.53 Å². The van der Waals surface area contributed by atoms with Gasteiger partial charge in [0.15, 0.2) is 5.78 Å². The van der Waals surface area contributed by atoms with Gasteiger partial charge in [-0.2, -0.15) is 0 Å². The van der Waals surface area contributed by atoms with Gasteiger partial charge in [0.25, 0.3) is 0 Å². The van der Waals surface area contributed by atoms with Crippen molar-refractivity contribution >= 4 is 5.78 Å². The number of carbonyl (C=O) groups is 1. The van der Waals surface area contributed by atoms with Crippen LogP contribution in [0, 0.1) is 6.92 Å². The van der Waals surface area contributed by atoms with E-state index in [1.54, 1.807) is 0 Å². The van der Waals surface area contributed by atoms with Crippen LogP contribution in [0.5, 0.6) is 0 Å². The van der Waals surface area contributed by atoms with Crippen molar-refractivity contribution in [2.75, 3.05) is 26.2 Å². The Hall–Kier alpha value is -1.19. The average molecular weight is 275 g/mol. The van der Waals surface area contributed by atoms with Crippen LogP contribution in [-0.4, -0.2) is 43.0 Å². The molecule has 0 aliphatic carbocycles. The zero-order chi connectivity index (χ0) is 14.4. The first-order valence-electron chi connectivity index (χ1n) is 7.63. The van der Waals surface area contributed by atoms with E-state index in [-0.39, 0.29) is 5.78 Å². The Balaban J connectivity index is 1.83. The third-order valence-electron chi connectivity index (χ3n) is 3.97. The predicted octanol–water partition coefficient (Wildman–Crippen LogP) is 3.07. The van der Waals surface area contributed by atoms with Crippen LogP contribution < -0.4 is 0 Å². The Kier molecular flexibility index (Phi) is 5.74. The fourth-order valence-corrected chi connectivity index (χ4v) is 2.87. The molecule has 1 aromatic carbocycles. The zero-order valence-electron chi connectivity index (χ0n) is 12.6. The lowest BCUT2D eigenvalue weighted by atomic mass is 10.0. The van der Waals surface area contributed by atoms with Crippen LogP contribution in [0.1, 0.15) is 42.1 Å². The number of ketones is 1. The summed E-state index contributed by atoms with van der Waals surface area (Å²) in [6, 6.07) is 7.84. The number of likely N-dealkylation sites (tertiary alicyclic amines) is 1. The number of hydrogen-bond donors (Lipinski definition) is 0. The van der Waals surface area contributed by atoms with E-state index < -0.39 is 0 Å². The number of aryl methyl sites for hydroxylation is 1. The van der Waals surface area contributed by atoms with Crippen molar-refractivity contribution in [2.45, 2.75) is 39.2 Å². The second-order valence-electron chi connectivity index (χ2n) is 5.51. The Morgan fingerprint density at radius 1 is 1.40 bits per heavy atom. The van der Waals surface area contributed by atoms with Gasteiger partial charge >= 0.3 is 0 Å². The maximum Gasteiger partial charge on any atom is 0.164 e. The summed E-state index contributed by atoms with van der Waals surface area (Å²) in [5, 5.41) is 0. The molecule has 1 saturated heterocycles. The van der Waals surface area contributed by atoms with Crippen LogP contribution in [0.3, 0.4) is 0 Å². The van der Waals surface area contributed by atoms with Gasteiger partial charge in [-0.05, 0) is 38.8 Å². The van der Waals surface area contributed by atoms with E-state index in [0.29, 0.717) is 12.5 Å². The van der Waals surface area contributed by atoms with Gasteiger partial charge in [0.05, 0.1) is 6.10 Å². The maximum atomic E-state index is 12.3. The van der Waals surface area contributed by atoms with E-state index in [1.807, 2.05) is 38.1 Å². The van der Waals surface area contributed by atoms with Crippen molar-refractivity contribution in [3.05, 3.63) is 35.4 Å². The van der Waals surface area contributed by atoms with Crippen LogP contribution in [0.25, 0.3) is 0 Å². The summed E-state index contributed by atoms with van der Waals surface area (Å²) in [5.41, 5.74) is 1.94. The van der Waals surface area contributed by atoms with E-state index in [9.17, 15) is 4.79 Å². The molecule has 1 heterocycles. The highest BCUT2D eigenvalue weighted by atomic mass is 16.5. The lowest BCUT2D eigenvalue weighted by molar-refractivity contribution is 0.00589. The third-order valence-corrected chi connectivity index (χ3v) is 3.97. The quantitative estimate of drug-likeness (QED) is 0.747. The highest BCUT2D eigenvalue weighted by molar-refractivity contribution is 5.97. The first-order valence-corrected chi connectivity index (χ1v) is 7.63. The summed E-state index contributed by atoms with van der Waals surface area (Å²) in [6.45, 7) is 7.72. The van der Waals surface area contributed by atoms with Gasteiger partial charge in [-0.25, -0.2) is 0 Å². The minimum Gasteiger partial charge on any atom is -0.377 e. The first kappa shape index (κ1) is 15.2. The number of piperidine rings is 1. The lowest BCUT2D eigenvalue weighted by Crippen LogP contribution is -2.40. The summed E-state index contributed by atoms with van der Waals surface area (Å²) in [4.78, 5) is 14.6. The maximum absolute atomic E-state index is 12.3. The molecule has 1 aromatic rings. The van der Waals surface area contributed by atoms with Gasteiger partial charge in [0.1, 0.15) is 0 Å². The third kappa shape index (κ3) is 4.15. The Bertz CT molecular complexity index is 442. The molecule has 0 saturated carbocycles. The monoisotopic (exact) mass is 275 g/mol. The van der Waals surface area contributed by atoms with Gasteiger partial charge in [-0.1, -0.05) is 24.3 Å². The van der Waals surface area contributed by atoms with Crippen molar-refractivity contribution in [3.63, 3.8) is 0 Å². The van der Waals surface area contributed by atoms with Gasteiger partial charge in [0.2, 0.25) is 0 Å². The summed E-state index contributed by atoms with van der Waals surface area (Å²) < 4.78 is 5.70. The number of nitrogens with zero attached hydrogens (tertiary/aromatic N) is 1. The van der Waals surface area contributed by atoms with Gasteiger partial charge in [-0.15, -0.1) is 0 Å². The Morgan fingerprint density at radius 2 is 2.20 bits per heavy atom. The van der Waals surface area contributed by atoms with Gasteiger partial charge < -0.3 is 9.64 Å². The normalized spacial score (nSPS) is 20.0. The summed E-state index contributed by atoms with van der Waals surface area (Å²) >= 11 is 0. The highest BCUT2D eigenvalue weighted by Crippen LogP contribution is 2.15. The molecule has 2 rings (SSSR count). The molecule has 1 atom stereocenters. The molecule has 1 aliphatic rings. The lowest BCUT2D eigenvalue weighted by Gasteiger charge is -2.32. The standard InChI is InChI=1S/C17H25NO2/c1-3-20-15-8-6-11-18(13-15)12-10-17(19)16-9-5-4-7-14(16)2/h4-5,7,9,15H,3,6,8,10-13H2,1-2H3. The van der Waals surface area contributed by atoms with Gasteiger partial charge in [0, 0.05) is 31.7 Å². The zero-order valence-corrected chi connectivity index (χ0v) is 12.6. The molecular weight excluding hydrogens is 250 g/mol. The molecule has 0 radical (unpaired) electrons. The molecule has 0 spiro atoms. The van der Waals surface area contributed by atoms with E-state index >= 15 is 0 Å². The average Bonchev–Trinajstić information content (AvgIpc) is 2.46. The fraction of sp³-hybridized carbons (Fsp3) is 0.588. The van der Waals surface area contributed by atoms with Crippen LogP contribution >= 0.6 is 0 Å². The molecule has 0 aromatic heterocycles. The SMILES string of the molecule is CCOC1CCCN(CCC(=O)c2ccccc2C)C1. The van der Waals surface area contributed by atoms with Crippen molar-refractivity contribution in [1.82, 2.24) is 4.90 Å². The molecule has 0 amide bonds. The summed E-state index contributed by atoms with van der Waals surface area (Å²) in [7, 11) is 0. The summed E-state index contributed by atoms with van der Waals surface area (Å²) in [6.07, 6.45) is 3.27. The number of ether oxygens (including phenoxy) is 1. The van der Waals surface area contributed by atoms with E-state index in [0.717, 1.165) is 43.8 Å². The fourth-order valence-electron chi connectivity index (χ4n) is 2.87. The highest BCUT2D eigenvalue weighted by Gasteiger charge is 2.20. The smallest absolute Gasteiger partial charge is 0.164 e. The molecule has 110 valence electrons. The molecule has 3 nitrogen and oxygen atoms in total. The van der Waals surface area contributed by atoms with Crippen LogP contribution in [0.15, 0.2) is 24.3 Å². The van der Waals surface area contributed by atoms with Crippen molar-refractivity contribution in [2.24, 2.45) is 0 Å². The first-order chi connectivity index (χ1) is 9.70. The van der Waals surface area contributed by atoms with Crippen molar-refractivity contribution in [3.8, 4) is 0 Å².